The number of hydrogen-bond acceptors (Lipinski definition) is 3. The number of amides is 1. The van der Waals surface area contributed by atoms with Crippen LogP contribution >= 0.6 is 22.6 Å². The van der Waals surface area contributed by atoms with Crippen LogP contribution in [0, 0.1) is 3.57 Å². The van der Waals surface area contributed by atoms with Crippen LogP contribution < -0.4 is 5.32 Å². The van der Waals surface area contributed by atoms with Crippen LogP contribution in [0.15, 0.2) is 54.7 Å². The van der Waals surface area contributed by atoms with Gasteiger partial charge < -0.3 is 10.4 Å². The van der Waals surface area contributed by atoms with Gasteiger partial charge in [0.05, 0.1) is 5.56 Å². The van der Waals surface area contributed by atoms with Gasteiger partial charge in [0.15, 0.2) is 0 Å². The van der Waals surface area contributed by atoms with Crippen molar-refractivity contribution in [1.29, 1.82) is 0 Å². The Morgan fingerprint density at radius 3 is 2.67 bits per heavy atom. The van der Waals surface area contributed by atoms with E-state index in [2.05, 4.69) is 32.9 Å². The maximum Gasteiger partial charge on any atom is 0.260 e. The number of nitrogens with one attached hydrogen (secondary N) is 1. The van der Waals surface area contributed by atoms with Crippen LogP contribution in [-0.2, 0) is 0 Å². The van der Waals surface area contributed by atoms with E-state index in [0.717, 1.165) is 8.96 Å². The molecular formula is C16H11IN2O2. The number of benzene rings is 2. The quantitative estimate of drug-likeness (QED) is 0.655. The van der Waals surface area contributed by atoms with Gasteiger partial charge in [-0.3, -0.25) is 4.79 Å². The SMILES string of the molecule is O=C(Nc1ccc(I)cn1)c1ccc2ccccc2c1O. The van der Waals surface area contributed by atoms with Crippen LogP contribution in [0.5, 0.6) is 5.75 Å². The lowest BCUT2D eigenvalue weighted by atomic mass is 10.0. The second kappa shape index (κ2) is 5.69. The summed E-state index contributed by atoms with van der Waals surface area (Å²) in [6.07, 6.45) is 1.66. The second-order valence-corrected chi connectivity index (χ2v) is 5.74. The minimum atomic E-state index is -0.382. The molecule has 0 aliphatic heterocycles. The molecule has 0 saturated heterocycles. The molecule has 5 heteroatoms. The molecule has 4 nitrogen and oxygen atoms in total. The topological polar surface area (TPSA) is 62.2 Å². The highest BCUT2D eigenvalue weighted by atomic mass is 127. The third-order valence-electron chi connectivity index (χ3n) is 3.11. The first-order valence-corrected chi connectivity index (χ1v) is 7.36. The van der Waals surface area contributed by atoms with Crippen LogP contribution in [0.2, 0.25) is 0 Å². The molecule has 2 N–H and O–H groups in total. The number of halogens is 1. The fourth-order valence-corrected chi connectivity index (χ4v) is 2.39. The Morgan fingerprint density at radius 1 is 1.10 bits per heavy atom. The van der Waals surface area contributed by atoms with E-state index in [1.165, 1.54) is 0 Å². The predicted molar refractivity (Wildman–Crippen MR) is 90.5 cm³/mol. The highest BCUT2D eigenvalue weighted by Crippen LogP contribution is 2.28. The number of pyridine rings is 1. The van der Waals surface area contributed by atoms with Crippen LogP contribution in [0.1, 0.15) is 10.4 Å². The number of rotatable bonds is 2. The Labute approximate surface area is 135 Å². The first-order chi connectivity index (χ1) is 10.1. The minimum absolute atomic E-state index is 0.0175. The lowest BCUT2D eigenvalue weighted by Crippen LogP contribution is -2.13. The van der Waals surface area contributed by atoms with Crippen LogP contribution in [0.4, 0.5) is 5.82 Å². The number of nitrogens with zero attached hydrogens (tertiary/aromatic N) is 1. The van der Waals surface area contributed by atoms with Crippen molar-refractivity contribution in [3.05, 3.63) is 63.9 Å². The van der Waals surface area contributed by atoms with Crippen molar-refractivity contribution >= 4 is 45.1 Å². The van der Waals surface area contributed by atoms with Gasteiger partial charge in [0, 0.05) is 15.2 Å². The molecule has 104 valence electrons. The van der Waals surface area contributed by atoms with Crippen molar-refractivity contribution < 1.29 is 9.90 Å². The highest BCUT2D eigenvalue weighted by Gasteiger charge is 2.14. The largest absolute Gasteiger partial charge is 0.506 e. The van der Waals surface area contributed by atoms with Gasteiger partial charge in [0.1, 0.15) is 11.6 Å². The molecule has 0 atom stereocenters. The van der Waals surface area contributed by atoms with Crippen LogP contribution in [-0.4, -0.2) is 16.0 Å². The van der Waals surface area contributed by atoms with Crippen molar-refractivity contribution in [2.75, 3.05) is 5.32 Å². The third-order valence-corrected chi connectivity index (χ3v) is 3.75. The molecular weight excluding hydrogens is 379 g/mol. The molecule has 0 unspecified atom stereocenters. The average molecular weight is 390 g/mol. The van der Waals surface area contributed by atoms with E-state index in [1.807, 2.05) is 30.3 Å². The number of carbonyl (C=O) groups is 1. The summed E-state index contributed by atoms with van der Waals surface area (Å²) >= 11 is 2.14. The molecule has 0 spiro atoms. The van der Waals surface area contributed by atoms with Crippen molar-refractivity contribution in [2.45, 2.75) is 0 Å². The van der Waals surface area contributed by atoms with Gasteiger partial charge in [-0.05, 0) is 46.2 Å². The summed E-state index contributed by atoms with van der Waals surface area (Å²) < 4.78 is 0.985. The van der Waals surface area contributed by atoms with Gasteiger partial charge in [0.25, 0.3) is 5.91 Å². The molecule has 0 aliphatic carbocycles. The van der Waals surface area contributed by atoms with Gasteiger partial charge in [-0.25, -0.2) is 4.98 Å². The summed E-state index contributed by atoms with van der Waals surface area (Å²) in [5, 5.41) is 14.5. The molecule has 1 aromatic heterocycles. The fourth-order valence-electron chi connectivity index (χ4n) is 2.07. The fraction of sp³-hybridized carbons (Fsp3) is 0. The highest BCUT2D eigenvalue weighted by molar-refractivity contribution is 14.1. The van der Waals surface area contributed by atoms with Crippen LogP contribution in [0.25, 0.3) is 10.8 Å². The molecule has 1 amide bonds. The Kier molecular flexibility index (Phi) is 3.74. The number of aromatic hydroxyl groups is 1. The number of hydrogen-bond donors (Lipinski definition) is 2. The maximum absolute atomic E-state index is 12.3. The van der Waals surface area contributed by atoms with Crippen molar-refractivity contribution in [1.82, 2.24) is 4.98 Å². The summed E-state index contributed by atoms with van der Waals surface area (Å²) in [6.45, 7) is 0. The first-order valence-electron chi connectivity index (χ1n) is 6.29. The molecule has 0 radical (unpaired) electrons. The minimum Gasteiger partial charge on any atom is -0.506 e. The van der Waals surface area contributed by atoms with Crippen LogP contribution in [0.3, 0.4) is 0 Å². The third kappa shape index (κ3) is 2.82. The summed E-state index contributed by atoms with van der Waals surface area (Å²) in [7, 11) is 0. The van der Waals surface area contributed by atoms with Gasteiger partial charge in [-0.2, -0.15) is 0 Å². The zero-order valence-electron chi connectivity index (χ0n) is 10.9. The molecule has 2 aromatic carbocycles. The van der Waals surface area contributed by atoms with E-state index >= 15 is 0 Å². The number of phenols is 1. The normalized spacial score (nSPS) is 10.5. The zero-order chi connectivity index (χ0) is 14.8. The van der Waals surface area contributed by atoms with Gasteiger partial charge in [-0.1, -0.05) is 30.3 Å². The van der Waals surface area contributed by atoms with E-state index in [4.69, 9.17) is 0 Å². The standard InChI is InChI=1S/C16H11IN2O2/c17-11-6-8-14(18-9-11)19-16(21)13-7-5-10-3-1-2-4-12(10)15(13)20/h1-9,20H,(H,18,19,21). The number of phenolic OH excluding ortho intramolecular Hbond substituents is 1. The summed E-state index contributed by atoms with van der Waals surface area (Å²) in [5.74, 6) is 0.0519. The molecule has 0 aliphatic rings. The van der Waals surface area contributed by atoms with E-state index in [9.17, 15) is 9.90 Å². The maximum atomic E-state index is 12.3. The average Bonchev–Trinajstić information content (AvgIpc) is 2.50. The van der Waals surface area contributed by atoms with Crippen molar-refractivity contribution in [2.24, 2.45) is 0 Å². The van der Waals surface area contributed by atoms with Gasteiger partial charge in [0.2, 0.25) is 0 Å². The zero-order valence-corrected chi connectivity index (χ0v) is 13.0. The van der Waals surface area contributed by atoms with Gasteiger partial charge in [-0.15, -0.1) is 0 Å². The molecule has 0 fully saturated rings. The molecule has 3 rings (SSSR count). The molecule has 0 saturated carbocycles. The van der Waals surface area contributed by atoms with E-state index < -0.39 is 0 Å². The van der Waals surface area contributed by atoms with Gasteiger partial charge >= 0.3 is 0 Å². The smallest absolute Gasteiger partial charge is 0.260 e. The molecule has 0 bridgehead atoms. The Balaban J connectivity index is 1.94. The number of anilines is 1. The lowest BCUT2D eigenvalue weighted by Gasteiger charge is -2.08. The molecule has 1 heterocycles. The second-order valence-electron chi connectivity index (χ2n) is 4.50. The summed E-state index contributed by atoms with van der Waals surface area (Å²) in [4.78, 5) is 16.4. The Morgan fingerprint density at radius 2 is 1.90 bits per heavy atom. The van der Waals surface area contributed by atoms with E-state index in [-0.39, 0.29) is 17.2 Å². The number of aromatic nitrogens is 1. The first kappa shape index (κ1) is 13.8. The predicted octanol–water partition coefficient (Wildman–Crippen LogP) is 3.80. The monoisotopic (exact) mass is 390 g/mol. The van der Waals surface area contributed by atoms with E-state index in [1.54, 1.807) is 24.4 Å². The number of carbonyl (C=O) groups excluding carboxylic acids is 1. The summed E-state index contributed by atoms with van der Waals surface area (Å²) in [5.41, 5.74) is 0.231. The lowest BCUT2D eigenvalue weighted by molar-refractivity contribution is 0.102. The Bertz CT molecular complexity index is 816. The van der Waals surface area contributed by atoms with Crippen molar-refractivity contribution in [3.8, 4) is 5.75 Å². The number of fused-ring (bicyclic) bond motifs is 1. The molecule has 21 heavy (non-hydrogen) atoms. The van der Waals surface area contributed by atoms with Crippen molar-refractivity contribution in [3.63, 3.8) is 0 Å². The van der Waals surface area contributed by atoms with E-state index in [0.29, 0.717) is 11.2 Å². The Hall–Kier alpha value is -2.15. The summed E-state index contributed by atoms with van der Waals surface area (Å²) in [6, 6.07) is 14.4. The molecule has 3 aromatic rings.